The van der Waals surface area contributed by atoms with Crippen LogP contribution in [0.25, 0.3) is 16.8 Å². The summed E-state index contributed by atoms with van der Waals surface area (Å²) in [6.45, 7) is 6.34. The van der Waals surface area contributed by atoms with E-state index in [-0.39, 0.29) is 23.0 Å². The van der Waals surface area contributed by atoms with E-state index >= 15 is 0 Å². The molecule has 2 aromatic carbocycles. The molecule has 0 unspecified atom stereocenters. The second kappa shape index (κ2) is 7.13. The summed E-state index contributed by atoms with van der Waals surface area (Å²) >= 11 is 0. The fourth-order valence-corrected chi connectivity index (χ4v) is 5.89. The molecule has 5 rings (SSSR count). The summed E-state index contributed by atoms with van der Waals surface area (Å²) < 4.78 is 2.29. The molecule has 0 saturated heterocycles. The zero-order valence-corrected chi connectivity index (χ0v) is 18.3. The van der Waals surface area contributed by atoms with Crippen molar-refractivity contribution in [2.24, 2.45) is 11.8 Å². The number of aromatic nitrogens is 2. The summed E-state index contributed by atoms with van der Waals surface area (Å²) in [5.74, 6) is 1.52. The number of fused-ring (bicyclic) bond motifs is 3. The zero-order valence-electron chi connectivity index (χ0n) is 18.3. The van der Waals surface area contributed by atoms with Gasteiger partial charge in [0, 0.05) is 22.7 Å². The van der Waals surface area contributed by atoms with E-state index < -0.39 is 0 Å². The van der Waals surface area contributed by atoms with Crippen molar-refractivity contribution in [3.63, 3.8) is 0 Å². The lowest BCUT2D eigenvalue weighted by molar-refractivity contribution is 0.135. The number of hydrogen-bond acceptors (Lipinski definition) is 3. The maximum atomic E-state index is 10.5. The summed E-state index contributed by atoms with van der Waals surface area (Å²) in [5.41, 5.74) is 6.12. The van der Waals surface area contributed by atoms with Crippen LogP contribution in [-0.2, 0) is 11.8 Å². The Labute approximate surface area is 183 Å². The Balaban J connectivity index is 1.63. The van der Waals surface area contributed by atoms with Gasteiger partial charge in [0.2, 0.25) is 0 Å². The Morgan fingerprint density at radius 1 is 1.13 bits per heavy atom. The molecular formula is C27H27N3O. The number of rotatable bonds is 2. The van der Waals surface area contributed by atoms with Gasteiger partial charge in [0.05, 0.1) is 17.3 Å². The highest BCUT2D eigenvalue weighted by Gasteiger charge is 2.50. The van der Waals surface area contributed by atoms with Crippen molar-refractivity contribution < 1.29 is 5.11 Å². The van der Waals surface area contributed by atoms with Gasteiger partial charge in [-0.2, -0.15) is 5.26 Å². The second-order valence-corrected chi connectivity index (χ2v) is 9.21. The quantitative estimate of drug-likeness (QED) is 0.561. The van der Waals surface area contributed by atoms with E-state index in [2.05, 4.69) is 73.0 Å². The Hall–Kier alpha value is -3.32. The minimum atomic E-state index is -0.239. The largest absolute Gasteiger partial charge is 0.511 e. The van der Waals surface area contributed by atoms with Crippen molar-refractivity contribution in [1.29, 1.82) is 5.26 Å². The standard InChI is InChI=1S/C27H27N3O/c1-17-23-12-13-24-26(27(23,3)15-21(16-28)25(17)31)29-18(2)30(24)22-11-7-10-20(14-22)19-8-5-4-6-9-19/h4-11,14,17,23,31H,12-13,15H2,1-3H3/t17-,23-,27-/m0/s1. The van der Waals surface area contributed by atoms with Gasteiger partial charge in [0.1, 0.15) is 11.6 Å². The average Bonchev–Trinajstić information content (AvgIpc) is 3.14. The number of nitrogens with zero attached hydrogens (tertiary/aromatic N) is 3. The molecule has 0 fully saturated rings. The highest BCUT2D eigenvalue weighted by molar-refractivity contribution is 5.66. The molecule has 4 heteroatoms. The molecule has 0 amide bonds. The van der Waals surface area contributed by atoms with Crippen molar-refractivity contribution in [3.05, 3.63) is 83.1 Å². The first-order valence-electron chi connectivity index (χ1n) is 11.0. The Morgan fingerprint density at radius 2 is 1.87 bits per heavy atom. The van der Waals surface area contributed by atoms with Gasteiger partial charge in [-0.15, -0.1) is 0 Å². The monoisotopic (exact) mass is 409 g/mol. The molecule has 0 spiro atoms. The Bertz CT molecular complexity index is 1230. The number of aryl methyl sites for hydroxylation is 1. The molecule has 0 aliphatic heterocycles. The minimum Gasteiger partial charge on any atom is -0.511 e. The van der Waals surface area contributed by atoms with Crippen LogP contribution in [0.15, 0.2) is 65.9 Å². The van der Waals surface area contributed by atoms with Crippen molar-refractivity contribution in [2.75, 3.05) is 0 Å². The van der Waals surface area contributed by atoms with Gasteiger partial charge in [0.25, 0.3) is 0 Å². The first-order chi connectivity index (χ1) is 14.9. The topological polar surface area (TPSA) is 61.8 Å². The van der Waals surface area contributed by atoms with Crippen LogP contribution < -0.4 is 0 Å². The molecule has 156 valence electrons. The molecular weight excluding hydrogens is 382 g/mol. The van der Waals surface area contributed by atoms with E-state index in [1.807, 2.05) is 13.0 Å². The lowest BCUT2D eigenvalue weighted by Gasteiger charge is -2.46. The molecule has 2 aliphatic carbocycles. The number of nitriles is 1. The smallest absolute Gasteiger partial charge is 0.110 e. The van der Waals surface area contributed by atoms with Crippen LogP contribution in [0.5, 0.6) is 0 Å². The van der Waals surface area contributed by atoms with Crippen molar-refractivity contribution in [1.82, 2.24) is 9.55 Å². The molecule has 1 aromatic heterocycles. The van der Waals surface area contributed by atoms with Gasteiger partial charge in [-0.05, 0) is 55.4 Å². The highest BCUT2D eigenvalue weighted by atomic mass is 16.3. The number of aliphatic hydroxyl groups excluding tert-OH is 1. The molecule has 1 heterocycles. The predicted octanol–water partition coefficient (Wildman–Crippen LogP) is 6.04. The van der Waals surface area contributed by atoms with E-state index in [0.29, 0.717) is 12.0 Å². The average molecular weight is 410 g/mol. The number of imidazole rings is 1. The molecule has 3 atom stereocenters. The van der Waals surface area contributed by atoms with Crippen LogP contribution in [0.2, 0.25) is 0 Å². The molecule has 2 aliphatic rings. The van der Waals surface area contributed by atoms with Crippen LogP contribution in [0.1, 0.15) is 43.9 Å². The highest BCUT2D eigenvalue weighted by Crippen LogP contribution is 2.53. The second-order valence-electron chi connectivity index (χ2n) is 9.21. The summed E-state index contributed by atoms with van der Waals surface area (Å²) in [6, 6.07) is 21.3. The number of hydrogen-bond donors (Lipinski definition) is 1. The van der Waals surface area contributed by atoms with E-state index in [4.69, 9.17) is 4.98 Å². The van der Waals surface area contributed by atoms with Crippen LogP contribution in [0.4, 0.5) is 0 Å². The summed E-state index contributed by atoms with van der Waals surface area (Å²) in [6.07, 6.45) is 2.46. The van der Waals surface area contributed by atoms with Gasteiger partial charge in [0.15, 0.2) is 0 Å². The van der Waals surface area contributed by atoms with E-state index in [1.54, 1.807) is 0 Å². The molecule has 0 bridgehead atoms. The van der Waals surface area contributed by atoms with Gasteiger partial charge in [-0.3, -0.25) is 0 Å². The Kier molecular flexibility index (Phi) is 4.51. The SMILES string of the molecule is Cc1nc2c(n1-c1cccc(-c3ccccc3)c1)CC[C@H]1[C@H](C)C(O)=C(C#N)C[C@]21C. The maximum absolute atomic E-state index is 10.5. The summed E-state index contributed by atoms with van der Waals surface area (Å²) in [7, 11) is 0. The normalized spacial score (nSPS) is 25.0. The molecule has 4 nitrogen and oxygen atoms in total. The Morgan fingerprint density at radius 3 is 2.61 bits per heavy atom. The minimum absolute atomic E-state index is 0.0200. The van der Waals surface area contributed by atoms with Gasteiger partial charge in [-0.1, -0.05) is 56.3 Å². The van der Waals surface area contributed by atoms with Gasteiger partial charge < -0.3 is 9.67 Å². The van der Waals surface area contributed by atoms with Crippen LogP contribution >= 0.6 is 0 Å². The molecule has 0 saturated carbocycles. The third-order valence-electron chi connectivity index (χ3n) is 7.43. The van der Waals surface area contributed by atoms with Crippen molar-refractivity contribution >= 4 is 0 Å². The number of allylic oxidation sites excluding steroid dienone is 2. The number of aliphatic hydroxyl groups is 1. The predicted molar refractivity (Wildman–Crippen MR) is 122 cm³/mol. The van der Waals surface area contributed by atoms with Crippen molar-refractivity contribution in [3.8, 4) is 22.9 Å². The zero-order chi connectivity index (χ0) is 21.8. The third-order valence-corrected chi connectivity index (χ3v) is 7.43. The van der Waals surface area contributed by atoms with Crippen molar-refractivity contribution in [2.45, 2.75) is 45.4 Å². The summed E-state index contributed by atoms with van der Waals surface area (Å²) in [4.78, 5) is 5.06. The fourth-order valence-electron chi connectivity index (χ4n) is 5.89. The maximum Gasteiger partial charge on any atom is 0.110 e. The van der Waals surface area contributed by atoms with E-state index in [1.165, 1.54) is 16.8 Å². The van der Waals surface area contributed by atoms with Crippen LogP contribution in [0, 0.1) is 30.1 Å². The van der Waals surface area contributed by atoms with Crippen LogP contribution in [-0.4, -0.2) is 14.7 Å². The fraction of sp³-hybridized carbons (Fsp3) is 0.333. The first-order valence-corrected chi connectivity index (χ1v) is 11.0. The number of benzene rings is 2. The molecule has 0 radical (unpaired) electrons. The molecule has 1 N–H and O–H groups in total. The van der Waals surface area contributed by atoms with E-state index in [9.17, 15) is 10.4 Å². The molecule has 31 heavy (non-hydrogen) atoms. The lowest BCUT2D eigenvalue weighted by atomic mass is 9.57. The summed E-state index contributed by atoms with van der Waals surface area (Å²) in [5, 5.41) is 20.2. The van der Waals surface area contributed by atoms with Gasteiger partial charge >= 0.3 is 0 Å². The van der Waals surface area contributed by atoms with Crippen LogP contribution in [0.3, 0.4) is 0 Å². The lowest BCUT2D eigenvalue weighted by Crippen LogP contribution is -2.44. The first kappa shape index (κ1) is 19.6. The van der Waals surface area contributed by atoms with Gasteiger partial charge in [-0.25, -0.2) is 4.98 Å². The molecule has 3 aromatic rings. The van der Waals surface area contributed by atoms with E-state index in [0.717, 1.165) is 30.0 Å². The third kappa shape index (κ3) is 2.91.